The van der Waals surface area contributed by atoms with Gasteiger partial charge in [-0.1, -0.05) is 18.0 Å². The molecule has 0 unspecified atom stereocenters. The molecule has 1 aromatic rings. The largest absolute Gasteiger partial charge is 0.493 e. The summed E-state index contributed by atoms with van der Waals surface area (Å²) in [6, 6.07) is 3.90. The molecule has 1 fully saturated rings. The van der Waals surface area contributed by atoms with Crippen LogP contribution in [0.1, 0.15) is 24.8 Å². The Balaban J connectivity index is 1.81. The van der Waals surface area contributed by atoms with Crippen molar-refractivity contribution in [2.75, 3.05) is 40.4 Å². The smallest absolute Gasteiger partial charge is 0.179 e. The number of nitrogens with one attached hydrogen (secondary N) is 1. The number of hydrogen-bond acceptors (Lipinski definition) is 4. The van der Waals surface area contributed by atoms with Gasteiger partial charge >= 0.3 is 0 Å². The number of benzene rings is 1. The van der Waals surface area contributed by atoms with Gasteiger partial charge in [0.25, 0.3) is 0 Å². The lowest BCUT2D eigenvalue weighted by Gasteiger charge is -2.26. The molecule has 0 radical (unpaired) electrons. The highest BCUT2D eigenvalue weighted by atomic mass is 35.5. The van der Waals surface area contributed by atoms with E-state index in [1.807, 2.05) is 12.1 Å². The summed E-state index contributed by atoms with van der Waals surface area (Å²) in [5.41, 5.74) is 1.11. The van der Waals surface area contributed by atoms with Crippen LogP contribution in [0.3, 0.4) is 0 Å². The molecule has 118 valence electrons. The van der Waals surface area contributed by atoms with E-state index in [2.05, 4.69) is 10.2 Å². The van der Waals surface area contributed by atoms with E-state index < -0.39 is 0 Å². The summed E-state index contributed by atoms with van der Waals surface area (Å²) in [6.07, 6.45) is 4.06. The lowest BCUT2D eigenvalue weighted by atomic mass is 10.1. The van der Waals surface area contributed by atoms with Crippen LogP contribution in [-0.4, -0.2) is 45.3 Å². The van der Waals surface area contributed by atoms with Gasteiger partial charge in [0.1, 0.15) is 0 Å². The SMILES string of the molecule is COc1cc(CNCCN2CCCCC2)cc(Cl)c1OC. The van der Waals surface area contributed by atoms with Crippen LogP contribution in [0.25, 0.3) is 0 Å². The van der Waals surface area contributed by atoms with Crippen LogP contribution in [0.15, 0.2) is 12.1 Å². The molecule has 0 amide bonds. The zero-order chi connectivity index (χ0) is 15.1. The molecule has 0 atom stereocenters. The Kier molecular flexibility index (Phi) is 6.61. The Bertz CT molecular complexity index is 448. The monoisotopic (exact) mass is 312 g/mol. The number of ether oxygens (including phenoxy) is 2. The minimum absolute atomic E-state index is 0.588. The topological polar surface area (TPSA) is 33.7 Å². The van der Waals surface area contributed by atoms with Gasteiger partial charge in [-0.15, -0.1) is 0 Å². The van der Waals surface area contributed by atoms with Crippen molar-refractivity contribution in [1.82, 2.24) is 10.2 Å². The van der Waals surface area contributed by atoms with Crippen molar-refractivity contribution in [3.63, 3.8) is 0 Å². The highest BCUT2D eigenvalue weighted by molar-refractivity contribution is 6.32. The fraction of sp³-hybridized carbons (Fsp3) is 0.625. The van der Waals surface area contributed by atoms with E-state index in [0.717, 1.165) is 25.2 Å². The Morgan fingerprint density at radius 2 is 1.90 bits per heavy atom. The molecule has 21 heavy (non-hydrogen) atoms. The maximum atomic E-state index is 6.21. The molecule has 1 aliphatic rings. The highest BCUT2D eigenvalue weighted by Gasteiger charge is 2.11. The molecular weight excluding hydrogens is 288 g/mol. The summed E-state index contributed by atoms with van der Waals surface area (Å²) in [6.45, 7) is 5.37. The number of piperidine rings is 1. The third kappa shape index (κ3) is 4.77. The van der Waals surface area contributed by atoms with Crippen molar-refractivity contribution in [3.05, 3.63) is 22.7 Å². The molecule has 4 nitrogen and oxygen atoms in total. The molecule has 2 rings (SSSR count). The van der Waals surface area contributed by atoms with Crippen molar-refractivity contribution in [2.24, 2.45) is 0 Å². The second-order valence-corrected chi connectivity index (χ2v) is 5.80. The van der Waals surface area contributed by atoms with Crippen LogP contribution in [-0.2, 0) is 6.54 Å². The van der Waals surface area contributed by atoms with Crippen LogP contribution < -0.4 is 14.8 Å². The lowest BCUT2D eigenvalue weighted by molar-refractivity contribution is 0.229. The van der Waals surface area contributed by atoms with Crippen molar-refractivity contribution >= 4 is 11.6 Å². The van der Waals surface area contributed by atoms with E-state index >= 15 is 0 Å². The number of rotatable bonds is 7. The average Bonchev–Trinajstić information content (AvgIpc) is 2.52. The minimum atomic E-state index is 0.588. The van der Waals surface area contributed by atoms with E-state index in [9.17, 15) is 0 Å². The van der Waals surface area contributed by atoms with Gasteiger partial charge < -0.3 is 19.7 Å². The predicted octanol–water partition coefficient (Wildman–Crippen LogP) is 2.93. The van der Waals surface area contributed by atoms with Crippen LogP contribution in [0.4, 0.5) is 0 Å². The van der Waals surface area contributed by atoms with E-state index in [1.54, 1.807) is 14.2 Å². The van der Waals surface area contributed by atoms with Crippen LogP contribution in [0.2, 0.25) is 5.02 Å². The third-order valence-electron chi connectivity index (χ3n) is 3.88. The Morgan fingerprint density at radius 1 is 1.14 bits per heavy atom. The summed E-state index contributed by atoms with van der Waals surface area (Å²) in [4.78, 5) is 2.53. The zero-order valence-corrected chi connectivity index (χ0v) is 13.7. The number of halogens is 1. The molecule has 0 spiro atoms. The summed E-state index contributed by atoms with van der Waals surface area (Å²) < 4.78 is 10.6. The zero-order valence-electron chi connectivity index (χ0n) is 13.0. The first-order valence-corrected chi connectivity index (χ1v) is 7.96. The molecule has 1 aliphatic heterocycles. The fourth-order valence-electron chi connectivity index (χ4n) is 2.73. The summed E-state index contributed by atoms with van der Waals surface area (Å²) in [5, 5.41) is 4.06. The van der Waals surface area contributed by atoms with Gasteiger partial charge in [0, 0.05) is 19.6 Å². The van der Waals surface area contributed by atoms with Gasteiger partial charge in [0.15, 0.2) is 11.5 Å². The fourth-order valence-corrected chi connectivity index (χ4v) is 3.04. The Labute approximate surface area is 132 Å². The van der Waals surface area contributed by atoms with E-state index in [4.69, 9.17) is 21.1 Å². The summed E-state index contributed by atoms with van der Waals surface area (Å²) in [5.74, 6) is 1.27. The lowest BCUT2D eigenvalue weighted by Crippen LogP contribution is -2.35. The molecule has 0 bridgehead atoms. The van der Waals surface area contributed by atoms with Gasteiger partial charge in [0.2, 0.25) is 0 Å². The molecule has 1 heterocycles. The van der Waals surface area contributed by atoms with Crippen molar-refractivity contribution < 1.29 is 9.47 Å². The predicted molar refractivity (Wildman–Crippen MR) is 86.6 cm³/mol. The quantitative estimate of drug-likeness (QED) is 0.785. The molecule has 1 aromatic carbocycles. The van der Waals surface area contributed by atoms with Gasteiger partial charge in [-0.05, 0) is 43.6 Å². The molecule has 0 saturated carbocycles. The number of likely N-dealkylation sites (tertiary alicyclic amines) is 1. The average molecular weight is 313 g/mol. The third-order valence-corrected chi connectivity index (χ3v) is 4.16. The van der Waals surface area contributed by atoms with Crippen molar-refractivity contribution in [1.29, 1.82) is 0 Å². The van der Waals surface area contributed by atoms with Crippen molar-refractivity contribution in [2.45, 2.75) is 25.8 Å². The highest BCUT2D eigenvalue weighted by Crippen LogP contribution is 2.35. The second-order valence-electron chi connectivity index (χ2n) is 5.39. The van der Waals surface area contributed by atoms with Crippen LogP contribution >= 0.6 is 11.6 Å². The number of methoxy groups -OCH3 is 2. The second kappa shape index (κ2) is 8.47. The van der Waals surface area contributed by atoms with Crippen LogP contribution in [0, 0.1) is 0 Å². The first-order chi connectivity index (χ1) is 10.2. The van der Waals surface area contributed by atoms with Crippen LogP contribution in [0.5, 0.6) is 11.5 Å². The summed E-state index contributed by atoms with van der Waals surface area (Å²) in [7, 11) is 3.22. The molecular formula is C16H25ClN2O2. The maximum Gasteiger partial charge on any atom is 0.179 e. The Hall–Kier alpha value is -0.970. The molecule has 5 heteroatoms. The molecule has 1 N–H and O–H groups in total. The molecule has 0 aliphatic carbocycles. The number of nitrogens with zero attached hydrogens (tertiary/aromatic N) is 1. The maximum absolute atomic E-state index is 6.21. The normalized spacial score (nSPS) is 16.0. The standard InChI is InChI=1S/C16H25ClN2O2/c1-20-15-11-13(10-14(17)16(15)21-2)12-18-6-9-19-7-4-3-5-8-19/h10-11,18H,3-9,12H2,1-2H3. The minimum Gasteiger partial charge on any atom is -0.493 e. The molecule has 1 saturated heterocycles. The number of hydrogen-bond donors (Lipinski definition) is 1. The van der Waals surface area contributed by atoms with Gasteiger partial charge in [-0.3, -0.25) is 0 Å². The first kappa shape index (κ1) is 16.4. The van der Waals surface area contributed by atoms with E-state index in [1.165, 1.54) is 32.4 Å². The van der Waals surface area contributed by atoms with E-state index in [0.29, 0.717) is 16.5 Å². The van der Waals surface area contributed by atoms with Gasteiger partial charge in [-0.25, -0.2) is 0 Å². The first-order valence-electron chi connectivity index (χ1n) is 7.58. The Morgan fingerprint density at radius 3 is 2.57 bits per heavy atom. The van der Waals surface area contributed by atoms with Crippen molar-refractivity contribution in [3.8, 4) is 11.5 Å². The van der Waals surface area contributed by atoms with E-state index in [-0.39, 0.29) is 0 Å². The summed E-state index contributed by atoms with van der Waals surface area (Å²) >= 11 is 6.21. The molecule has 0 aromatic heterocycles. The van der Waals surface area contributed by atoms with Gasteiger partial charge in [-0.2, -0.15) is 0 Å². The van der Waals surface area contributed by atoms with Gasteiger partial charge in [0.05, 0.1) is 19.2 Å².